The minimum Gasteiger partial charge on any atom is -0.475 e. The first-order chi connectivity index (χ1) is 10.1. The fourth-order valence-electron chi connectivity index (χ4n) is 2.10. The van der Waals surface area contributed by atoms with Crippen molar-refractivity contribution < 1.29 is 22.3 Å². The first-order valence-corrected chi connectivity index (χ1v) is 6.16. The zero-order valence-corrected chi connectivity index (χ0v) is 10.6. The predicted molar refractivity (Wildman–Crippen MR) is 67.9 cm³/mol. The highest BCUT2D eigenvalue weighted by Gasteiger charge is 2.26. The van der Waals surface area contributed by atoms with Crippen LogP contribution in [0.4, 0.5) is 17.6 Å². The Balaban J connectivity index is 1.95. The summed E-state index contributed by atoms with van der Waals surface area (Å²) < 4.78 is 58.6. The molecule has 1 heterocycles. The molecule has 0 saturated carbocycles. The van der Waals surface area contributed by atoms with Crippen LogP contribution in [0, 0.1) is 23.3 Å². The van der Waals surface area contributed by atoms with Gasteiger partial charge in [0, 0.05) is 0 Å². The molecule has 1 aliphatic heterocycles. The second-order valence-corrected chi connectivity index (χ2v) is 4.53. The fraction of sp³-hybridized carbons (Fsp3) is 0.133. The monoisotopic (exact) mass is 295 g/mol. The van der Waals surface area contributed by atoms with E-state index in [1.165, 1.54) is 12.1 Å². The normalized spacial score (nSPS) is 17.5. The maximum atomic E-state index is 13.6. The van der Waals surface area contributed by atoms with Crippen LogP contribution < -0.4 is 0 Å². The van der Waals surface area contributed by atoms with Crippen molar-refractivity contribution in [2.45, 2.75) is 6.04 Å². The van der Waals surface area contributed by atoms with E-state index < -0.39 is 29.3 Å². The second kappa shape index (κ2) is 5.20. The minimum atomic E-state index is -1.01. The van der Waals surface area contributed by atoms with Gasteiger partial charge in [-0.3, -0.25) is 0 Å². The second-order valence-electron chi connectivity index (χ2n) is 4.53. The molecule has 0 spiro atoms. The third kappa shape index (κ3) is 2.49. The molecule has 0 fully saturated rings. The molecule has 0 saturated heterocycles. The Morgan fingerprint density at radius 2 is 1.62 bits per heavy atom. The molecule has 0 radical (unpaired) electrons. The molecule has 2 nitrogen and oxygen atoms in total. The summed E-state index contributed by atoms with van der Waals surface area (Å²) in [7, 11) is 0. The molecule has 1 atom stereocenters. The summed E-state index contributed by atoms with van der Waals surface area (Å²) in [5.74, 6) is -3.74. The van der Waals surface area contributed by atoms with Crippen LogP contribution in [0.3, 0.4) is 0 Å². The highest BCUT2D eigenvalue weighted by molar-refractivity contribution is 5.95. The summed E-state index contributed by atoms with van der Waals surface area (Å²) in [6, 6.07) is 6.11. The standard InChI is InChI=1S/C15H9F4NO/c16-9-5-4-8(6-12(9)19)13-7-21-15(20-13)14-10(17)2-1-3-11(14)18/h1-6,13H,7H2. The maximum Gasteiger partial charge on any atom is 0.222 e. The quantitative estimate of drug-likeness (QED) is 0.773. The van der Waals surface area contributed by atoms with Crippen molar-refractivity contribution in [3.8, 4) is 0 Å². The fourth-order valence-corrected chi connectivity index (χ4v) is 2.10. The van der Waals surface area contributed by atoms with E-state index in [2.05, 4.69) is 4.99 Å². The number of hydrogen-bond acceptors (Lipinski definition) is 2. The van der Waals surface area contributed by atoms with Gasteiger partial charge in [-0.2, -0.15) is 0 Å². The first-order valence-electron chi connectivity index (χ1n) is 6.16. The zero-order valence-electron chi connectivity index (χ0n) is 10.6. The SMILES string of the molecule is Fc1ccc(C2COC(c3c(F)cccc3F)=N2)cc1F. The molecule has 21 heavy (non-hydrogen) atoms. The maximum absolute atomic E-state index is 13.6. The minimum absolute atomic E-state index is 0.00812. The molecular formula is C15H9F4NO. The van der Waals surface area contributed by atoms with E-state index in [4.69, 9.17) is 4.74 Å². The van der Waals surface area contributed by atoms with E-state index in [0.29, 0.717) is 5.56 Å². The van der Waals surface area contributed by atoms with Crippen LogP contribution in [0.5, 0.6) is 0 Å². The zero-order chi connectivity index (χ0) is 15.0. The number of nitrogens with zero attached hydrogens (tertiary/aromatic N) is 1. The number of aliphatic imine (C=N–C) groups is 1. The van der Waals surface area contributed by atoms with Gasteiger partial charge in [0.05, 0.1) is 0 Å². The first kappa shape index (κ1) is 13.6. The summed E-state index contributed by atoms with van der Waals surface area (Å²) in [5, 5.41) is 0. The van der Waals surface area contributed by atoms with Gasteiger partial charge in [-0.25, -0.2) is 22.6 Å². The lowest BCUT2D eigenvalue weighted by atomic mass is 10.1. The average Bonchev–Trinajstić information content (AvgIpc) is 2.91. The Bertz CT molecular complexity index is 709. The third-order valence-electron chi connectivity index (χ3n) is 3.16. The Kier molecular flexibility index (Phi) is 3.37. The molecule has 2 aromatic rings. The van der Waals surface area contributed by atoms with Gasteiger partial charge in [-0.1, -0.05) is 12.1 Å². The van der Waals surface area contributed by atoms with Crippen LogP contribution in [0.1, 0.15) is 17.2 Å². The van der Waals surface area contributed by atoms with Crippen molar-refractivity contribution in [3.63, 3.8) is 0 Å². The van der Waals surface area contributed by atoms with Crippen LogP contribution in [-0.4, -0.2) is 12.5 Å². The van der Waals surface area contributed by atoms with E-state index in [9.17, 15) is 17.6 Å². The van der Waals surface area contributed by atoms with Crippen molar-refractivity contribution in [1.82, 2.24) is 0 Å². The Hall–Kier alpha value is -2.37. The number of ether oxygens (including phenoxy) is 1. The molecule has 0 bridgehead atoms. The molecule has 1 aliphatic rings. The van der Waals surface area contributed by atoms with Crippen molar-refractivity contribution in [2.24, 2.45) is 4.99 Å². The van der Waals surface area contributed by atoms with E-state index in [-0.39, 0.29) is 18.1 Å². The third-order valence-corrected chi connectivity index (χ3v) is 3.16. The average molecular weight is 295 g/mol. The molecule has 108 valence electrons. The Morgan fingerprint density at radius 1 is 0.905 bits per heavy atom. The molecule has 1 unspecified atom stereocenters. The lowest BCUT2D eigenvalue weighted by molar-refractivity contribution is 0.317. The number of hydrogen-bond donors (Lipinski definition) is 0. The lowest BCUT2D eigenvalue weighted by Gasteiger charge is -2.05. The van der Waals surface area contributed by atoms with Gasteiger partial charge in [0.2, 0.25) is 5.90 Å². The summed E-state index contributed by atoms with van der Waals surface area (Å²) in [5.41, 5.74) is 0.0169. The van der Waals surface area contributed by atoms with Crippen molar-refractivity contribution >= 4 is 5.90 Å². The Labute approximate surface area is 117 Å². The van der Waals surface area contributed by atoms with E-state index in [1.54, 1.807) is 0 Å². The van der Waals surface area contributed by atoms with Crippen LogP contribution in [-0.2, 0) is 4.74 Å². The van der Waals surface area contributed by atoms with Crippen LogP contribution >= 0.6 is 0 Å². The Morgan fingerprint density at radius 3 is 2.29 bits per heavy atom. The van der Waals surface area contributed by atoms with E-state index in [0.717, 1.165) is 24.3 Å². The van der Waals surface area contributed by atoms with Gasteiger partial charge < -0.3 is 4.74 Å². The molecule has 3 rings (SSSR count). The topological polar surface area (TPSA) is 21.6 Å². The van der Waals surface area contributed by atoms with E-state index >= 15 is 0 Å². The molecule has 0 aromatic heterocycles. The van der Waals surface area contributed by atoms with Crippen LogP contribution in [0.15, 0.2) is 41.4 Å². The highest BCUT2D eigenvalue weighted by atomic mass is 19.2. The van der Waals surface area contributed by atoms with Crippen molar-refractivity contribution in [3.05, 3.63) is 70.8 Å². The van der Waals surface area contributed by atoms with E-state index in [1.807, 2.05) is 0 Å². The molecule has 0 N–H and O–H groups in total. The number of rotatable bonds is 2. The molecule has 2 aromatic carbocycles. The van der Waals surface area contributed by atoms with Gasteiger partial charge in [0.15, 0.2) is 11.6 Å². The molecule has 0 aliphatic carbocycles. The summed E-state index contributed by atoms with van der Waals surface area (Å²) in [6.45, 7) is 0.00812. The van der Waals surface area contributed by atoms with Gasteiger partial charge in [0.25, 0.3) is 0 Å². The van der Waals surface area contributed by atoms with Crippen molar-refractivity contribution in [2.75, 3.05) is 6.61 Å². The molecular weight excluding hydrogens is 286 g/mol. The largest absolute Gasteiger partial charge is 0.475 e. The predicted octanol–water partition coefficient (Wildman–Crippen LogP) is 3.76. The summed E-state index contributed by atoms with van der Waals surface area (Å²) >= 11 is 0. The summed E-state index contributed by atoms with van der Waals surface area (Å²) in [4.78, 5) is 4.05. The number of halogens is 4. The van der Waals surface area contributed by atoms with Crippen molar-refractivity contribution in [1.29, 1.82) is 0 Å². The van der Waals surface area contributed by atoms with Gasteiger partial charge >= 0.3 is 0 Å². The van der Waals surface area contributed by atoms with Gasteiger partial charge in [-0.15, -0.1) is 0 Å². The highest BCUT2D eigenvalue weighted by Crippen LogP contribution is 2.27. The molecule has 6 heteroatoms. The smallest absolute Gasteiger partial charge is 0.222 e. The summed E-state index contributed by atoms with van der Waals surface area (Å²) in [6.07, 6.45) is 0. The van der Waals surface area contributed by atoms with Gasteiger partial charge in [-0.05, 0) is 29.8 Å². The lowest BCUT2D eigenvalue weighted by Crippen LogP contribution is -2.07. The van der Waals surface area contributed by atoms with Crippen LogP contribution in [0.25, 0.3) is 0 Å². The molecule has 0 amide bonds. The van der Waals surface area contributed by atoms with Crippen LogP contribution in [0.2, 0.25) is 0 Å². The van der Waals surface area contributed by atoms with Gasteiger partial charge in [0.1, 0.15) is 29.8 Å². The number of benzene rings is 2.